The van der Waals surface area contributed by atoms with Crippen molar-refractivity contribution in [2.24, 2.45) is 10.9 Å². The fourth-order valence-corrected chi connectivity index (χ4v) is 8.55. The average molecular weight is 732 g/mol. The fourth-order valence-electron chi connectivity index (χ4n) is 8.44. The molecule has 8 atom stereocenters. The largest absolute Gasteiger partial charge is 1.00 e. The molecule has 0 aliphatic carbocycles. The number of guanidine groups is 1. The number of unbranched alkanes of at least 4 members (excludes halogenated alkanes) is 2. The van der Waals surface area contributed by atoms with Crippen molar-refractivity contribution in [2.45, 2.75) is 152 Å². The lowest BCUT2D eigenvalue weighted by atomic mass is 9.80. The van der Waals surface area contributed by atoms with Gasteiger partial charge >= 0.3 is 5.97 Å². The van der Waals surface area contributed by atoms with Gasteiger partial charge in [0, 0.05) is 44.9 Å². The molecule has 0 radical (unpaired) electrons. The lowest BCUT2D eigenvalue weighted by Gasteiger charge is -2.55. The molecule has 3 fully saturated rings. The van der Waals surface area contributed by atoms with Crippen LogP contribution >= 0.6 is 11.8 Å². The van der Waals surface area contributed by atoms with E-state index in [9.17, 15) is 14.7 Å². The van der Waals surface area contributed by atoms with Crippen LogP contribution < -0.4 is 28.3 Å². The first-order chi connectivity index (χ1) is 23.2. The number of aliphatic hydroxyl groups excluding tert-OH is 1. The maximum atomic E-state index is 14.0. The summed E-state index contributed by atoms with van der Waals surface area (Å²) in [4.78, 5) is 38.9. The van der Waals surface area contributed by atoms with Crippen molar-refractivity contribution in [3.05, 3.63) is 12.2 Å². The van der Waals surface area contributed by atoms with Crippen LogP contribution in [0, 0.1) is 5.92 Å². The van der Waals surface area contributed by atoms with Gasteiger partial charge < -0.3 is 52.6 Å². The summed E-state index contributed by atoms with van der Waals surface area (Å²) >= 11 is 5.52. The van der Waals surface area contributed by atoms with E-state index in [1.54, 1.807) is 4.90 Å². The maximum Gasteiger partial charge on any atom is 0.316 e. The summed E-state index contributed by atoms with van der Waals surface area (Å²) in [5.74, 6) is 0.132. The van der Waals surface area contributed by atoms with Crippen LogP contribution in [0.25, 0.3) is 0 Å². The monoisotopic (exact) mass is 730 g/mol. The van der Waals surface area contributed by atoms with Crippen molar-refractivity contribution in [3.8, 4) is 0 Å². The molecule has 2 spiro atoms. The van der Waals surface area contributed by atoms with E-state index in [4.69, 9.17) is 31.0 Å². The summed E-state index contributed by atoms with van der Waals surface area (Å²) in [7, 11) is 0. The number of allylic oxidation sites excluding steroid dienone is 1. The zero-order chi connectivity index (χ0) is 34.1. The third-order valence-electron chi connectivity index (χ3n) is 10.8. The number of hydrogen-bond donors (Lipinski definition) is 4. The van der Waals surface area contributed by atoms with Crippen molar-refractivity contribution >= 4 is 29.6 Å². The topological polar surface area (TPSA) is 153 Å². The second kappa shape index (κ2) is 18.7. The van der Waals surface area contributed by atoms with Crippen LogP contribution in [0.4, 0.5) is 0 Å². The number of nitrogens with one attached hydrogen (secondary N) is 2. The summed E-state index contributed by atoms with van der Waals surface area (Å²) in [5, 5.41) is 14.1. The molecule has 5 heterocycles. The minimum Gasteiger partial charge on any atom is -1.00 e. The molecule has 14 heteroatoms. The number of nitrogens with zero attached hydrogens (tertiary/aromatic N) is 3. The number of carbonyl (C=O) groups is 2. The van der Waals surface area contributed by atoms with Gasteiger partial charge in [0.2, 0.25) is 5.91 Å². The predicted octanol–water partition coefficient (Wildman–Crippen LogP) is -0.0121. The number of aliphatic hydroxyl groups is 1. The van der Waals surface area contributed by atoms with Gasteiger partial charge in [-0.15, -0.1) is 0 Å². The van der Waals surface area contributed by atoms with E-state index in [0.29, 0.717) is 58.3 Å². The molecule has 0 aromatic carbocycles. The number of rotatable bonds is 16. The van der Waals surface area contributed by atoms with Gasteiger partial charge in [-0.3, -0.25) is 9.59 Å². The van der Waals surface area contributed by atoms with E-state index in [2.05, 4.69) is 46.8 Å². The molecule has 5 aliphatic heterocycles. The van der Waals surface area contributed by atoms with E-state index in [-0.39, 0.29) is 48.6 Å². The second-order valence-electron chi connectivity index (χ2n) is 14.5. The molecule has 5 rings (SSSR count). The van der Waals surface area contributed by atoms with Crippen LogP contribution in [0.1, 0.15) is 110 Å². The van der Waals surface area contributed by atoms with E-state index in [0.717, 1.165) is 76.7 Å². The Hall–Kier alpha value is -1.67. The first-order valence-corrected chi connectivity index (χ1v) is 19.0. The Kier molecular flexibility index (Phi) is 15.3. The number of aliphatic imine (C=N–C) groups is 1. The third kappa shape index (κ3) is 9.81. The van der Waals surface area contributed by atoms with Crippen LogP contribution in [0.5, 0.6) is 0 Å². The highest BCUT2D eigenvalue weighted by Crippen LogP contribution is 2.50. The number of hydrogen-bond acceptors (Lipinski definition) is 10. The molecule has 49 heavy (non-hydrogen) atoms. The number of amides is 1. The van der Waals surface area contributed by atoms with Crippen molar-refractivity contribution in [3.63, 3.8) is 0 Å². The molecule has 6 N–H and O–H groups in total. The summed E-state index contributed by atoms with van der Waals surface area (Å²) in [6.07, 6.45) is 15.8. The van der Waals surface area contributed by atoms with Gasteiger partial charge in [0.1, 0.15) is 11.6 Å². The van der Waals surface area contributed by atoms with E-state index in [1.165, 1.54) is 0 Å². The lowest BCUT2D eigenvalue weighted by molar-refractivity contribution is -0.368. The lowest BCUT2D eigenvalue weighted by Crippen LogP contribution is -3.00. The third-order valence-corrected chi connectivity index (χ3v) is 11.0. The minimum atomic E-state index is -0.951. The van der Waals surface area contributed by atoms with Gasteiger partial charge in [-0.2, -0.15) is 0 Å². The highest BCUT2D eigenvalue weighted by atomic mass is 35.5. The molecule has 0 aromatic rings. The molecule has 280 valence electrons. The minimum absolute atomic E-state index is 0. The smallest absolute Gasteiger partial charge is 0.316 e. The van der Waals surface area contributed by atoms with Crippen molar-refractivity contribution in [2.75, 3.05) is 32.8 Å². The zero-order valence-electron chi connectivity index (χ0n) is 29.6. The summed E-state index contributed by atoms with van der Waals surface area (Å²) in [6, 6.07) is 0.219. The first kappa shape index (κ1) is 40.1. The molecule has 0 unspecified atom stereocenters. The number of esters is 1. The van der Waals surface area contributed by atoms with E-state index in [1.807, 2.05) is 0 Å². The molecule has 5 aliphatic rings. The Balaban J connectivity index is 0.00000541. The number of ether oxygens (including phenoxy) is 3. The van der Waals surface area contributed by atoms with Crippen LogP contribution in [-0.4, -0.2) is 107 Å². The molecule has 3 saturated heterocycles. The van der Waals surface area contributed by atoms with Crippen molar-refractivity contribution in [1.82, 2.24) is 20.0 Å². The van der Waals surface area contributed by atoms with Gasteiger partial charge in [0.25, 0.3) is 0 Å². The highest BCUT2D eigenvalue weighted by Gasteiger charge is 2.62. The van der Waals surface area contributed by atoms with Crippen molar-refractivity contribution < 1.29 is 47.0 Å². The Morgan fingerprint density at radius 3 is 2.84 bits per heavy atom. The van der Waals surface area contributed by atoms with Crippen LogP contribution in [0.15, 0.2) is 17.1 Å². The van der Waals surface area contributed by atoms with Gasteiger partial charge in [-0.25, -0.2) is 9.83 Å². The van der Waals surface area contributed by atoms with E-state index < -0.39 is 23.5 Å². The molecule has 1 amide bonds. The van der Waals surface area contributed by atoms with Crippen molar-refractivity contribution in [1.29, 1.82) is 0 Å². The molecular formula is C35H60Cl2N6O6. The number of carbonyl (C=O) groups excluding carboxylic acids is 2. The quantitative estimate of drug-likeness (QED) is 0.0744. The van der Waals surface area contributed by atoms with Crippen LogP contribution in [0.3, 0.4) is 0 Å². The second-order valence-corrected chi connectivity index (χ2v) is 14.8. The molecule has 0 saturated carbocycles. The molecular weight excluding hydrogens is 671 g/mol. The highest BCUT2D eigenvalue weighted by molar-refractivity contribution is 6.13. The predicted molar refractivity (Wildman–Crippen MR) is 184 cm³/mol. The SMILES string of the molecule is CC[C@H]1C=CCC[C@@]2(C[C@@H]3CC[C@@H]4[C@H](C(=O)OCCCCCC(=O)N(CCC[NH3+])C[C@@H](O)CCNCl)[C@]5(CCC[C@@H](C)O5)N=C(N2)N34)O1.[Cl-]. The Morgan fingerprint density at radius 2 is 2.08 bits per heavy atom. The number of halogens is 2. The normalized spacial score (nSPS) is 32.5. The summed E-state index contributed by atoms with van der Waals surface area (Å²) in [6.45, 7) is 6.62. The average Bonchev–Trinajstić information content (AvgIpc) is 3.37. The fraction of sp³-hybridized carbons (Fsp3) is 0.857. The summed E-state index contributed by atoms with van der Waals surface area (Å²) < 4.78 is 19.4. The maximum absolute atomic E-state index is 14.0. The molecule has 0 aromatic heterocycles. The summed E-state index contributed by atoms with van der Waals surface area (Å²) in [5.41, 5.74) is 2.46. The van der Waals surface area contributed by atoms with Gasteiger partial charge in [0.15, 0.2) is 11.7 Å². The Labute approximate surface area is 303 Å². The standard InChI is InChI=1S/C35H59ClN6O6.ClH/c1-3-28-12-6-7-17-34(48-28)23-26-14-15-29-31(35(18-9-11-25(2)47-35)40-33(39-34)42(26)29)32(45)46-22-8-4-5-13-30(44)41(21-10-19-37)24-27(43)16-20-38-36;/h6,12,25-29,31,38,43H,3-5,7-11,13-24,37H2,1-2H3,(H,39,40);1H/t25-,26+,27+,28+,29-,31-,34+,35-;/m1./s1. The number of quaternary nitrogens is 1. The zero-order valence-corrected chi connectivity index (χ0v) is 31.1. The first-order valence-electron chi connectivity index (χ1n) is 18.7. The van der Waals surface area contributed by atoms with Crippen LogP contribution in [0.2, 0.25) is 0 Å². The molecule has 0 bridgehead atoms. The van der Waals surface area contributed by atoms with Gasteiger partial charge in [0.05, 0.1) is 37.5 Å². The van der Waals surface area contributed by atoms with Crippen LogP contribution in [-0.2, 0) is 23.8 Å². The van der Waals surface area contributed by atoms with Gasteiger partial charge in [-0.05, 0) is 95.8 Å². The van der Waals surface area contributed by atoms with E-state index >= 15 is 0 Å². The Bertz CT molecular complexity index is 1150. The molecule has 12 nitrogen and oxygen atoms in total. The van der Waals surface area contributed by atoms with Gasteiger partial charge in [-0.1, -0.05) is 19.1 Å². The Morgan fingerprint density at radius 1 is 1.24 bits per heavy atom.